The first-order chi connectivity index (χ1) is 15.4. The molecule has 3 aromatic rings. The van der Waals surface area contributed by atoms with E-state index in [0.29, 0.717) is 29.5 Å². The van der Waals surface area contributed by atoms with Gasteiger partial charge in [0.05, 0.1) is 36.0 Å². The van der Waals surface area contributed by atoms with Gasteiger partial charge in [-0.3, -0.25) is 9.69 Å². The van der Waals surface area contributed by atoms with Crippen LogP contribution in [0, 0.1) is 0 Å². The highest BCUT2D eigenvalue weighted by Crippen LogP contribution is 2.35. The summed E-state index contributed by atoms with van der Waals surface area (Å²) in [4.78, 5) is 19.4. The van der Waals surface area contributed by atoms with Crippen molar-refractivity contribution in [1.29, 1.82) is 0 Å². The fourth-order valence-corrected chi connectivity index (χ4v) is 6.09. The molecule has 1 atom stereocenters. The van der Waals surface area contributed by atoms with Crippen LogP contribution in [0.25, 0.3) is 10.2 Å². The lowest BCUT2D eigenvalue weighted by Gasteiger charge is -2.23. The molecule has 1 saturated heterocycles. The van der Waals surface area contributed by atoms with Gasteiger partial charge in [0.15, 0.2) is 15.0 Å². The molecule has 170 valence electrons. The Balaban J connectivity index is 1.53. The van der Waals surface area contributed by atoms with Gasteiger partial charge in [-0.1, -0.05) is 47.7 Å². The highest BCUT2D eigenvalue weighted by Gasteiger charge is 2.27. The van der Waals surface area contributed by atoms with Crippen molar-refractivity contribution in [3.63, 3.8) is 0 Å². The summed E-state index contributed by atoms with van der Waals surface area (Å²) in [6.45, 7) is 1.03. The minimum atomic E-state index is -3.42. The van der Waals surface area contributed by atoms with Gasteiger partial charge in [-0.2, -0.15) is 0 Å². The third-order valence-electron chi connectivity index (χ3n) is 5.39. The van der Waals surface area contributed by atoms with Crippen molar-refractivity contribution in [2.24, 2.45) is 0 Å². The number of hydrogen-bond acceptors (Lipinski definition) is 7. The lowest BCUT2D eigenvalue weighted by atomic mass is 10.2. The van der Waals surface area contributed by atoms with Crippen LogP contribution in [-0.2, 0) is 25.1 Å². The molecule has 2 heterocycles. The lowest BCUT2D eigenvalue weighted by Crippen LogP contribution is -2.38. The van der Waals surface area contributed by atoms with E-state index in [1.165, 1.54) is 11.3 Å². The number of carbonyl (C=O) groups excluding carboxylic acids is 1. The van der Waals surface area contributed by atoms with E-state index >= 15 is 0 Å². The SMILES string of the molecule is COc1cccc2sc(N(CC3CCCO3)C(=O)CCS(=O)(=O)Cc3ccccc3)nc12. The third-order valence-corrected chi connectivity index (χ3v) is 8.03. The quantitative estimate of drug-likeness (QED) is 0.469. The highest BCUT2D eigenvalue weighted by molar-refractivity contribution is 7.90. The van der Waals surface area contributed by atoms with Crippen molar-refractivity contribution in [2.75, 3.05) is 30.9 Å². The number of sulfone groups is 1. The number of rotatable bonds is 9. The van der Waals surface area contributed by atoms with Crippen LogP contribution in [0.2, 0.25) is 0 Å². The van der Waals surface area contributed by atoms with Gasteiger partial charge in [-0.15, -0.1) is 0 Å². The summed E-state index contributed by atoms with van der Waals surface area (Å²) >= 11 is 1.39. The molecule has 9 heteroatoms. The minimum absolute atomic E-state index is 0.0752. The Hall–Kier alpha value is -2.49. The first kappa shape index (κ1) is 22.7. The van der Waals surface area contributed by atoms with Gasteiger partial charge in [0.1, 0.15) is 11.3 Å². The molecule has 0 radical (unpaired) electrons. The number of aromatic nitrogens is 1. The van der Waals surface area contributed by atoms with Gasteiger partial charge in [-0.25, -0.2) is 13.4 Å². The van der Waals surface area contributed by atoms with Crippen LogP contribution in [0.3, 0.4) is 0 Å². The van der Waals surface area contributed by atoms with Gasteiger partial charge in [-0.05, 0) is 30.5 Å². The molecule has 2 aromatic carbocycles. The Labute approximate surface area is 191 Å². The maximum absolute atomic E-state index is 13.2. The Morgan fingerprint density at radius 1 is 1.22 bits per heavy atom. The number of ether oxygens (including phenoxy) is 2. The third kappa shape index (κ3) is 5.46. The Bertz CT molecular complexity index is 1170. The first-order valence-electron chi connectivity index (χ1n) is 10.5. The van der Waals surface area contributed by atoms with E-state index in [0.717, 1.165) is 23.1 Å². The molecule has 1 aromatic heterocycles. The number of hydrogen-bond donors (Lipinski definition) is 0. The monoisotopic (exact) mass is 474 g/mol. The normalized spacial score (nSPS) is 16.3. The van der Waals surface area contributed by atoms with Crippen LogP contribution in [-0.4, -0.2) is 51.4 Å². The molecule has 0 aliphatic carbocycles. The van der Waals surface area contributed by atoms with Crippen LogP contribution in [0.4, 0.5) is 5.13 Å². The number of methoxy groups -OCH3 is 1. The van der Waals surface area contributed by atoms with Crippen molar-refractivity contribution < 1.29 is 22.7 Å². The van der Waals surface area contributed by atoms with E-state index in [1.807, 2.05) is 24.3 Å². The maximum atomic E-state index is 13.2. The summed E-state index contributed by atoms with van der Waals surface area (Å²) in [5.74, 6) is 0.0810. The van der Waals surface area contributed by atoms with E-state index in [-0.39, 0.29) is 29.9 Å². The molecule has 0 spiro atoms. The topological polar surface area (TPSA) is 85.8 Å². The fraction of sp³-hybridized carbons (Fsp3) is 0.391. The number of fused-ring (bicyclic) bond motifs is 1. The molecule has 0 saturated carbocycles. The Morgan fingerprint density at radius 2 is 2.03 bits per heavy atom. The molecule has 7 nitrogen and oxygen atoms in total. The van der Waals surface area contributed by atoms with Gasteiger partial charge < -0.3 is 9.47 Å². The maximum Gasteiger partial charge on any atom is 0.229 e. The van der Waals surface area contributed by atoms with Crippen molar-refractivity contribution in [1.82, 2.24) is 4.98 Å². The molecule has 1 aliphatic rings. The van der Waals surface area contributed by atoms with Crippen molar-refractivity contribution in [2.45, 2.75) is 31.1 Å². The van der Waals surface area contributed by atoms with Gasteiger partial charge in [0, 0.05) is 13.0 Å². The Morgan fingerprint density at radius 3 is 2.75 bits per heavy atom. The summed E-state index contributed by atoms with van der Waals surface area (Å²) in [6.07, 6.45) is 1.64. The molecular formula is C23H26N2O5S2. The summed E-state index contributed by atoms with van der Waals surface area (Å²) < 4.78 is 37.3. The van der Waals surface area contributed by atoms with E-state index in [9.17, 15) is 13.2 Å². The molecule has 1 amide bonds. The zero-order valence-electron chi connectivity index (χ0n) is 17.9. The average Bonchev–Trinajstić information content (AvgIpc) is 3.45. The minimum Gasteiger partial charge on any atom is -0.494 e. The molecule has 1 aliphatic heterocycles. The lowest BCUT2D eigenvalue weighted by molar-refractivity contribution is -0.118. The van der Waals surface area contributed by atoms with Crippen molar-refractivity contribution >= 4 is 42.4 Å². The predicted molar refractivity (Wildman–Crippen MR) is 126 cm³/mol. The summed E-state index contributed by atoms with van der Waals surface area (Å²) in [6, 6.07) is 14.6. The van der Waals surface area contributed by atoms with Gasteiger partial charge >= 0.3 is 0 Å². The molecule has 1 unspecified atom stereocenters. The number of benzene rings is 2. The number of para-hydroxylation sites is 1. The van der Waals surface area contributed by atoms with E-state index in [2.05, 4.69) is 4.98 Å². The molecule has 4 rings (SSSR count). The van der Waals surface area contributed by atoms with Gasteiger partial charge in [0.25, 0.3) is 0 Å². The zero-order chi connectivity index (χ0) is 22.6. The van der Waals surface area contributed by atoms with Crippen LogP contribution in [0.1, 0.15) is 24.8 Å². The van der Waals surface area contributed by atoms with Crippen LogP contribution in [0.5, 0.6) is 5.75 Å². The van der Waals surface area contributed by atoms with Crippen molar-refractivity contribution in [3.8, 4) is 5.75 Å². The van der Waals surface area contributed by atoms with Gasteiger partial charge in [0.2, 0.25) is 5.91 Å². The molecule has 0 bridgehead atoms. The predicted octanol–water partition coefficient (Wildman–Crippen LogP) is 3.82. The zero-order valence-corrected chi connectivity index (χ0v) is 19.5. The number of amides is 1. The second-order valence-electron chi connectivity index (χ2n) is 7.77. The Kier molecular flexibility index (Phi) is 7.07. The summed E-state index contributed by atoms with van der Waals surface area (Å²) in [5, 5.41) is 0.533. The number of anilines is 1. The molecular weight excluding hydrogens is 448 g/mol. The van der Waals surface area contributed by atoms with Crippen molar-refractivity contribution in [3.05, 3.63) is 54.1 Å². The molecule has 0 N–H and O–H groups in total. The first-order valence-corrected chi connectivity index (χ1v) is 13.2. The second kappa shape index (κ2) is 9.97. The highest BCUT2D eigenvalue weighted by atomic mass is 32.2. The second-order valence-corrected chi connectivity index (χ2v) is 11.0. The van der Waals surface area contributed by atoms with Crippen LogP contribution < -0.4 is 9.64 Å². The standard InChI is InChI=1S/C23H26N2O5S2/c1-29-19-10-5-11-20-22(19)24-23(31-20)25(15-18-9-6-13-30-18)21(26)12-14-32(27,28)16-17-7-3-2-4-8-17/h2-5,7-8,10-11,18H,6,9,12-16H2,1H3. The van der Waals surface area contributed by atoms with E-state index in [1.54, 1.807) is 36.3 Å². The molecule has 1 fully saturated rings. The molecule has 32 heavy (non-hydrogen) atoms. The van der Waals surface area contributed by atoms with E-state index < -0.39 is 9.84 Å². The summed E-state index contributed by atoms with van der Waals surface area (Å²) in [7, 11) is -1.84. The fourth-order valence-electron chi connectivity index (χ4n) is 3.75. The van der Waals surface area contributed by atoms with Crippen LogP contribution >= 0.6 is 11.3 Å². The number of nitrogens with zero attached hydrogens (tertiary/aromatic N) is 2. The largest absolute Gasteiger partial charge is 0.494 e. The average molecular weight is 475 g/mol. The number of carbonyl (C=O) groups is 1. The van der Waals surface area contributed by atoms with Crippen LogP contribution in [0.15, 0.2) is 48.5 Å². The summed E-state index contributed by atoms with van der Waals surface area (Å²) in [5.41, 5.74) is 1.41. The number of thiazole rings is 1. The smallest absolute Gasteiger partial charge is 0.229 e. The van der Waals surface area contributed by atoms with E-state index in [4.69, 9.17) is 9.47 Å².